The average molecular weight is 398 g/mol. The van der Waals surface area contributed by atoms with Crippen molar-refractivity contribution >= 4 is 5.69 Å². The summed E-state index contributed by atoms with van der Waals surface area (Å²) < 4.78 is 33.0. The van der Waals surface area contributed by atoms with Crippen LogP contribution in [0.15, 0.2) is 60.7 Å². The summed E-state index contributed by atoms with van der Waals surface area (Å²) in [4.78, 5) is 5.25. The van der Waals surface area contributed by atoms with Gasteiger partial charge in [0.25, 0.3) is 0 Å². The number of hydrogen-bond acceptors (Lipinski definition) is 5. The van der Waals surface area contributed by atoms with Crippen molar-refractivity contribution in [1.82, 2.24) is 5.32 Å². The van der Waals surface area contributed by atoms with Crippen LogP contribution in [0.3, 0.4) is 0 Å². The molecule has 3 N–H and O–H groups in total. The molecule has 1 aliphatic heterocycles. The Kier molecular flexibility index (Phi) is 5.59. The van der Waals surface area contributed by atoms with Gasteiger partial charge in [0, 0.05) is 18.7 Å². The molecule has 4 rings (SSSR count). The van der Waals surface area contributed by atoms with Crippen LogP contribution < -0.4 is 20.4 Å². The van der Waals surface area contributed by atoms with Gasteiger partial charge in [-0.05, 0) is 35.9 Å². The van der Waals surface area contributed by atoms with Crippen LogP contribution >= 0.6 is 0 Å². The topological polar surface area (TPSA) is 62.8 Å². The largest absolute Gasteiger partial charge is 0.491 e. The Morgan fingerprint density at radius 1 is 1.00 bits per heavy atom. The third-order valence-corrected chi connectivity index (χ3v) is 4.62. The van der Waals surface area contributed by atoms with E-state index in [-0.39, 0.29) is 24.8 Å². The van der Waals surface area contributed by atoms with Gasteiger partial charge in [0.1, 0.15) is 30.0 Å². The molecule has 0 unspecified atom stereocenters. The van der Waals surface area contributed by atoms with Crippen LogP contribution in [0.4, 0.5) is 14.5 Å². The van der Waals surface area contributed by atoms with Crippen molar-refractivity contribution in [2.45, 2.75) is 12.6 Å². The molecule has 150 valence electrons. The number of rotatable bonds is 8. The number of anilines is 1. The molecule has 0 saturated heterocycles. The van der Waals surface area contributed by atoms with Crippen molar-refractivity contribution in [1.29, 1.82) is 0 Å². The highest BCUT2D eigenvalue weighted by atomic mass is 19.1. The summed E-state index contributed by atoms with van der Waals surface area (Å²) in [5.74, 6) is 0.480. The SMILES string of the molecule is O[C@H](CNCc1ccccc1F)COc1ccc(-c2c3ccc(F)c2NO3)cc1. The highest BCUT2D eigenvalue weighted by Gasteiger charge is 2.23. The van der Waals surface area contributed by atoms with E-state index in [4.69, 9.17) is 9.57 Å². The van der Waals surface area contributed by atoms with E-state index in [1.54, 1.807) is 48.5 Å². The quantitative estimate of drug-likeness (QED) is 0.538. The number of aliphatic hydroxyl groups excluding tert-OH is 1. The maximum atomic E-state index is 13.9. The molecule has 2 bridgehead atoms. The van der Waals surface area contributed by atoms with E-state index < -0.39 is 6.10 Å². The van der Waals surface area contributed by atoms with Crippen molar-refractivity contribution in [3.63, 3.8) is 0 Å². The number of ether oxygens (including phenoxy) is 1. The highest BCUT2D eigenvalue weighted by molar-refractivity contribution is 5.86. The van der Waals surface area contributed by atoms with Gasteiger partial charge in [-0.15, -0.1) is 0 Å². The summed E-state index contributed by atoms with van der Waals surface area (Å²) in [5, 5.41) is 13.1. The molecule has 7 heteroatoms. The minimum atomic E-state index is -0.748. The minimum Gasteiger partial charge on any atom is -0.491 e. The molecule has 0 aromatic heterocycles. The Labute approximate surface area is 166 Å². The number of benzene rings is 3. The van der Waals surface area contributed by atoms with Gasteiger partial charge in [-0.2, -0.15) is 0 Å². The zero-order valence-electron chi connectivity index (χ0n) is 15.5. The Hall–Kier alpha value is -3.16. The molecule has 3 aromatic carbocycles. The van der Waals surface area contributed by atoms with Crippen molar-refractivity contribution < 1.29 is 23.5 Å². The second-order valence-corrected chi connectivity index (χ2v) is 6.71. The molecule has 0 spiro atoms. The third kappa shape index (κ3) is 4.31. The highest BCUT2D eigenvalue weighted by Crippen LogP contribution is 2.43. The van der Waals surface area contributed by atoms with Crippen LogP contribution in [0.1, 0.15) is 5.56 Å². The third-order valence-electron chi connectivity index (χ3n) is 4.62. The lowest BCUT2D eigenvalue weighted by Gasteiger charge is -2.14. The van der Waals surface area contributed by atoms with Gasteiger partial charge in [0.2, 0.25) is 0 Å². The Morgan fingerprint density at radius 2 is 1.79 bits per heavy atom. The van der Waals surface area contributed by atoms with Gasteiger partial charge >= 0.3 is 0 Å². The average Bonchev–Trinajstić information content (AvgIpc) is 3.07. The van der Waals surface area contributed by atoms with Crippen LogP contribution in [0.25, 0.3) is 11.1 Å². The molecular formula is C22H20F2N2O3. The first-order valence-corrected chi connectivity index (χ1v) is 9.22. The lowest BCUT2D eigenvalue weighted by atomic mass is 10.0. The van der Waals surface area contributed by atoms with E-state index in [9.17, 15) is 13.9 Å². The zero-order chi connectivity index (χ0) is 20.2. The molecule has 29 heavy (non-hydrogen) atoms. The molecule has 0 radical (unpaired) electrons. The normalized spacial score (nSPS) is 12.9. The molecule has 5 nitrogen and oxygen atoms in total. The van der Waals surface area contributed by atoms with E-state index in [2.05, 4.69) is 10.8 Å². The minimum absolute atomic E-state index is 0.0880. The van der Waals surface area contributed by atoms with Crippen molar-refractivity contribution in [2.75, 3.05) is 18.6 Å². The Balaban J connectivity index is 1.29. The Bertz CT molecular complexity index is 996. The summed E-state index contributed by atoms with van der Waals surface area (Å²) in [5.41, 5.74) is 4.89. The fourth-order valence-corrected chi connectivity index (χ4v) is 3.12. The van der Waals surface area contributed by atoms with Crippen LogP contribution in [-0.2, 0) is 6.54 Å². The molecule has 3 aromatic rings. The van der Waals surface area contributed by atoms with Gasteiger partial charge < -0.3 is 20.0 Å². The van der Waals surface area contributed by atoms with E-state index in [1.807, 2.05) is 0 Å². The second kappa shape index (κ2) is 8.46. The van der Waals surface area contributed by atoms with Crippen LogP contribution in [0.5, 0.6) is 11.5 Å². The van der Waals surface area contributed by atoms with E-state index in [1.165, 1.54) is 12.1 Å². The predicted molar refractivity (Wildman–Crippen MR) is 106 cm³/mol. The lowest BCUT2D eigenvalue weighted by Crippen LogP contribution is -2.31. The molecule has 1 heterocycles. The number of halogens is 2. The fraction of sp³-hybridized carbons (Fsp3) is 0.182. The van der Waals surface area contributed by atoms with Gasteiger partial charge in [-0.3, -0.25) is 0 Å². The molecule has 0 fully saturated rings. The Morgan fingerprint density at radius 3 is 2.59 bits per heavy atom. The van der Waals surface area contributed by atoms with Crippen LogP contribution in [0, 0.1) is 11.6 Å². The van der Waals surface area contributed by atoms with Crippen LogP contribution in [-0.4, -0.2) is 24.4 Å². The monoisotopic (exact) mass is 398 g/mol. The first-order valence-electron chi connectivity index (χ1n) is 9.22. The zero-order valence-corrected chi connectivity index (χ0v) is 15.5. The molecule has 0 amide bonds. The van der Waals surface area contributed by atoms with Crippen molar-refractivity contribution in [2.24, 2.45) is 0 Å². The summed E-state index contributed by atoms with van der Waals surface area (Å²) >= 11 is 0. The molecule has 1 aliphatic rings. The van der Waals surface area contributed by atoms with E-state index >= 15 is 0 Å². The van der Waals surface area contributed by atoms with E-state index in [0.29, 0.717) is 34.9 Å². The summed E-state index contributed by atoms with van der Waals surface area (Å²) in [6.07, 6.45) is -0.748. The predicted octanol–water partition coefficient (Wildman–Crippen LogP) is 3.88. The van der Waals surface area contributed by atoms with E-state index in [0.717, 1.165) is 5.56 Å². The lowest BCUT2D eigenvalue weighted by molar-refractivity contribution is 0.106. The summed E-state index contributed by atoms with van der Waals surface area (Å²) in [6.45, 7) is 0.684. The number of aliphatic hydroxyl groups is 1. The maximum Gasteiger partial charge on any atom is 0.165 e. The smallest absolute Gasteiger partial charge is 0.165 e. The van der Waals surface area contributed by atoms with Crippen molar-refractivity contribution in [3.8, 4) is 22.6 Å². The van der Waals surface area contributed by atoms with Gasteiger partial charge in [0.05, 0.1) is 5.56 Å². The van der Waals surface area contributed by atoms with Crippen LogP contribution in [0.2, 0.25) is 0 Å². The molecular weight excluding hydrogens is 378 g/mol. The number of hydrogen-bond donors (Lipinski definition) is 3. The van der Waals surface area contributed by atoms with Gasteiger partial charge in [-0.25, -0.2) is 14.3 Å². The summed E-state index contributed by atoms with van der Waals surface area (Å²) in [7, 11) is 0. The van der Waals surface area contributed by atoms with Crippen molar-refractivity contribution in [3.05, 3.63) is 77.9 Å². The number of nitrogens with one attached hydrogen (secondary N) is 2. The molecule has 0 aliphatic carbocycles. The first kappa shape index (κ1) is 19.2. The maximum absolute atomic E-state index is 13.9. The molecule has 1 atom stereocenters. The van der Waals surface area contributed by atoms with Gasteiger partial charge in [0.15, 0.2) is 11.6 Å². The first-order chi connectivity index (χ1) is 14.1. The number of fused-ring (bicyclic) bond motifs is 2. The fourth-order valence-electron chi connectivity index (χ4n) is 3.12. The standard InChI is InChI=1S/C22H20F2N2O3/c23-18-4-2-1-3-15(18)11-25-12-16(27)13-28-17-7-5-14(6-8-17)21-20-10-9-19(24)22(21)26-29-20/h1-10,16,25-27H,11-13H2/t16-/m1/s1. The molecule has 0 saturated carbocycles. The van der Waals surface area contributed by atoms with Gasteiger partial charge in [-0.1, -0.05) is 30.3 Å². The second-order valence-electron chi connectivity index (χ2n) is 6.71. The summed E-state index contributed by atoms with van der Waals surface area (Å²) in [6, 6.07) is 16.5.